The van der Waals surface area contributed by atoms with Crippen LogP contribution in [0.1, 0.15) is 34.3 Å². The second-order valence-electron chi connectivity index (χ2n) is 8.81. The average molecular weight is 467 g/mol. The first-order valence-electron chi connectivity index (χ1n) is 11.2. The summed E-state index contributed by atoms with van der Waals surface area (Å²) in [7, 11) is -3.16. The van der Waals surface area contributed by atoms with Crippen LogP contribution in [0, 0.1) is 19.8 Å². The normalized spacial score (nSPS) is 15.5. The summed E-state index contributed by atoms with van der Waals surface area (Å²) in [6, 6.07) is 15.9. The van der Waals surface area contributed by atoms with Gasteiger partial charge in [0.25, 0.3) is 5.91 Å². The fourth-order valence-corrected chi connectivity index (χ4v) is 5.18. The predicted octanol–water partition coefficient (Wildman–Crippen LogP) is 3.56. The van der Waals surface area contributed by atoms with Gasteiger partial charge in [0.2, 0.25) is 10.0 Å². The molecule has 1 aliphatic rings. The summed E-state index contributed by atoms with van der Waals surface area (Å²) in [5, 5.41) is 7.84. The zero-order valence-electron chi connectivity index (χ0n) is 19.3. The van der Waals surface area contributed by atoms with Crippen molar-refractivity contribution in [3.8, 4) is 16.9 Å². The number of carbonyl (C=O) groups excluding carboxylic acids is 1. The van der Waals surface area contributed by atoms with Gasteiger partial charge < -0.3 is 5.32 Å². The minimum Gasteiger partial charge on any atom is -0.352 e. The lowest BCUT2D eigenvalue weighted by molar-refractivity contribution is 0.0942. The van der Waals surface area contributed by atoms with Gasteiger partial charge in [0, 0.05) is 31.4 Å². The number of nitrogens with one attached hydrogen (secondary N) is 1. The molecule has 1 fully saturated rings. The maximum atomic E-state index is 13.3. The molecule has 1 saturated heterocycles. The molecule has 8 heteroatoms. The van der Waals surface area contributed by atoms with Gasteiger partial charge in [0.15, 0.2) is 0 Å². The second-order valence-corrected chi connectivity index (χ2v) is 10.8. The van der Waals surface area contributed by atoms with Gasteiger partial charge in [-0.15, -0.1) is 0 Å². The Balaban J connectivity index is 1.56. The largest absolute Gasteiger partial charge is 0.352 e. The van der Waals surface area contributed by atoms with Crippen LogP contribution in [-0.4, -0.2) is 54.3 Å². The van der Waals surface area contributed by atoms with Gasteiger partial charge in [-0.1, -0.05) is 42.0 Å². The number of nitrogens with zero attached hydrogens (tertiary/aromatic N) is 3. The molecule has 4 rings (SSSR count). The van der Waals surface area contributed by atoms with Crippen molar-refractivity contribution in [2.45, 2.75) is 26.7 Å². The van der Waals surface area contributed by atoms with Gasteiger partial charge in [-0.25, -0.2) is 17.4 Å². The Morgan fingerprint density at radius 2 is 1.79 bits per heavy atom. The Bertz CT molecular complexity index is 1240. The lowest BCUT2D eigenvalue weighted by atomic mass is 9.97. The van der Waals surface area contributed by atoms with E-state index < -0.39 is 10.0 Å². The highest BCUT2D eigenvalue weighted by Crippen LogP contribution is 2.28. The molecule has 1 amide bonds. The van der Waals surface area contributed by atoms with E-state index in [0.717, 1.165) is 35.2 Å². The van der Waals surface area contributed by atoms with Crippen LogP contribution in [0.2, 0.25) is 0 Å². The van der Waals surface area contributed by atoms with E-state index in [9.17, 15) is 13.2 Å². The Kier molecular flexibility index (Phi) is 6.67. The number of sulfonamides is 1. The van der Waals surface area contributed by atoms with Crippen LogP contribution in [0.5, 0.6) is 0 Å². The molecular weight excluding hydrogens is 436 g/mol. The van der Waals surface area contributed by atoms with Crippen molar-refractivity contribution in [2.24, 2.45) is 5.92 Å². The van der Waals surface area contributed by atoms with E-state index in [1.165, 1.54) is 10.6 Å². The molecule has 1 aliphatic heterocycles. The highest BCUT2D eigenvalue weighted by molar-refractivity contribution is 7.88. The van der Waals surface area contributed by atoms with E-state index in [-0.39, 0.29) is 11.8 Å². The number of piperidine rings is 1. The van der Waals surface area contributed by atoms with Gasteiger partial charge in [0.05, 0.1) is 17.5 Å². The molecule has 7 nitrogen and oxygen atoms in total. The van der Waals surface area contributed by atoms with Gasteiger partial charge >= 0.3 is 0 Å². The maximum absolute atomic E-state index is 13.3. The van der Waals surface area contributed by atoms with Crippen molar-refractivity contribution >= 4 is 15.9 Å². The molecule has 33 heavy (non-hydrogen) atoms. The quantitative estimate of drug-likeness (QED) is 0.602. The summed E-state index contributed by atoms with van der Waals surface area (Å²) in [6.07, 6.45) is 4.50. The first-order chi connectivity index (χ1) is 15.7. The minimum atomic E-state index is -3.16. The monoisotopic (exact) mass is 466 g/mol. The van der Waals surface area contributed by atoms with Crippen molar-refractivity contribution in [3.63, 3.8) is 0 Å². The van der Waals surface area contributed by atoms with Crippen LogP contribution in [0.25, 0.3) is 16.9 Å². The first-order valence-corrected chi connectivity index (χ1v) is 13.0. The van der Waals surface area contributed by atoms with Gasteiger partial charge in [0.1, 0.15) is 5.69 Å². The van der Waals surface area contributed by atoms with Crippen molar-refractivity contribution in [1.29, 1.82) is 0 Å². The number of carbonyl (C=O) groups is 1. The molecule has 174 valence electrons. The minimum absolute atomic E-state index is 0.169. The number of para-hydroxylation sites is 1. The molecule has 0 bridgehead atoms. The van der Waals surface area contributed by atoms with Crippen LogP contribution in [0.4, 0.5) is 0 Å². The van der Waals surface area contributed by atoms with Gasteiger partial charge in [-0.2, -0.15) is 5.10 Å². The molecule has 0 saturated carbocycles. The molecule has 0 radical (unpaired) electrons. The molecule has 0 unspecified atom stereocenters. The van der Waals surface area contributed by atoms with E-state index in [4.69, 9.17) is 5.10 Å². The summed E-state index contributed by atoms with van der Waals surface area (Å²) in [6.45, 7) is 5.58. The van der Waals surface area contributed by atoms with Gasteiger partial charge in [-0.05, 0) is 50.3 Å². The molecular formula is C25H30N4O3S. The number of aryl methyl sites for hydroxylation is 2. The lowest BCUT2D eigenvalue weighted by Gasteiger charge is -2.30. The standard InChI is InChI=1S/C25H30N4O3S/c1-18-9-10-22(19(2)15-18)24-23(17-29(27-24)21-7-5-4-6-8-21)25(30)26-16-20-11-13-28(14-12-20)33(3,31)32/h4-10,15,17,20H,11-14,16H2,1-3H3,(H,26,30). The zero-order chi connectivity index (χ0) is 23.6. The van der Waals surface area contributed by atoms with Crippen LogP contribution in [0.3, 0.4) is 0 Å². The fourth-order valence-electron chi connectivity index (χ4n) is 4.31. The molecule has 2 heterocycles. The third-order valence-corrected chi connectivity index (χ3v) is 7.51. The lowest BCUT2D eigenvalue weighted by Crippen LogP contribution is -2.41. The van der Waals surface area contributed by atoms with E-state index in [1.54, 1.807) is 10.9 Å². The first kappa shape index (κ1) is 23.2. The Morgan fingerprint density at radius 3 is 2.42 bits per heavy atom. The van der Waals surface area contributed by atoms with E-state index >= 15 is 0 Å². The molecule has 1 N–H and O–H groups in total. The van der Waals surface area contributed by atoms with Crippen molar-refractivity contribution in [1.82, 2.24) is 19.4 Å². The summed E-state index contributed by atoms with van der Waals surface area (Å²) >= 11 is 0. The third-order valence-electron chi connectivity index (χ3n) is 6.21. The van der Waals surface area contributed by atoms with Crippen LogP contribution in [-0.2, 0) is 10.0 Å². The van der Waals surface area contributed by atoms with Crippen molar-refractivity contribution in [3.05, 3.63) is 71.4 Å². The number of benzene rings is 2. The molecule has 2 aromatic carbocycles. The smallest absolute Gasteiger partial charge is 0.255 e. The molecule has 0 aliphatic carbocycles. The Hall–Kier alpha value is -2.97. The number of hydrogen-bond donors (Lipinski definition) is 1. The van der Waals surface area contributed by atoms with E-state index in [0.29, 0.717) is 30.9 Å². The topological polar surface area (TPSA) is 84.3 Å². The highest BCUT2D eigenvalue weighted by atomic mass is 32.2. The summed E-state index contributed by atoms with van der Waals surface area (Å²) in [4.78, 5) is 13.3. The number of aromatic nitrogens is 2. The number of hydrogen-bond acceptors (Lipinski definition) is 4. The molecule has 0 atom stereocenters. The van der Waals surface area contributed by atoms with E-state index in [2.05, 4.69) is 11.4 Å². The summed E-state index contributed by atoms with van der Waals surface area (Å²) in [5.74, 6) is 0.0818. The second kappa shape index (κ2) is 9.49. The van der Waals surface area contributed by atoms with Gasteiger partial charge in [-0.3, -0.25) is 4.79 Å². The molecule has 1 aromatic heterocycles. The summed E-state index contributed by atoms with van der Waals surface area (Å²) < 4.78 is 26.7. The Morgan fingerprint density at radius 1 is 1.09 bits per heavy atom. The SMILES string of the molecule is Cc1ccc(-c2nn(-c3ccccc3)cc2C(=O)NCC2CCN(S(C)(=O)=O)CC2)c(C)c1. The van der Waals surface area contributed by atoms with E-state index in [1.807, 2.05) is 56.3 Å². The average Bonchev–Trinajstić information content (AvgIpc) is 3.23. The van der Waals surface area contributed by atoms with Crippen LogP contribution in [0.15, 0.2) is 54.7 Å². The zero-order valence-corrected chi connectivity index (χ0v) is 20.1. The highest BCUT2D eigenvalue weighted by Gasteiger charge is 2.26. The fraction of sp³-hybridized carbons (Fsp3) is 0.360. The van der Waals surface area contributed by atoms with Crippen LogP contribution < -0.4 is 5.32 Å². The number of rotatable bonds is 6. The predicted molar refractivity (Wildman–Crippen MR) is 130 cm³/mol. The Labute approximate surface area is 195 Å². The maximum Gasteiger partial charge on any atom is 0.255 e. The van der Waals surface area contributed by atoms with Crippen molar-refractivity contribution in [2.75, 3.05) is 25.9 Å². The summed E-state index contributed by atoms with van der Waals surface area (Å²) in [5.41, 5.74) is 5.22. The molecule has 3 aromatic rings. The van der Waals surface area contributed by atoms with Crippen LogP contribution >= 0.6 is 0 Å². The number of amides is 1. The molecule has 0 spiro atoms. The van der Waals surface area contributed by atoms with Crippen molar-refractivity contribution < 1.29 is 13.2 Å². The third kappa shape index (κ3) is 5.34.